The fourth-order valence-corrected chi connectivity index (χ4v) is 3.42. The number of hydrogen-bond donors (Lipinski definition) is 0. The van der Waals surface area contributed by atoms with Crippen LogP contribution in [0.15, 0.2) is 0 Å². The van der Waals surface area contributed by atoms with Crippen LogP contribution in [-0.4, -0.2) is 16.9 Å². The average Bonchev–Trinajstić information content (AvgIpc) is 2.26. The average molecular weight is 233 g/mol. The van der Waals surface area contributed by atoms with E-state index < -0.39 is 0 Å². The Bertz CT molecular complexity index is 217. The molecule has 0 spiro atoms. The topological polar surface area (TPSA) is 26.3 Å². The van der Waals surface area contributed by atoms with Crippen LogP contribution in [0.1, 0.15) is 32.6 Å². The zero-order valence-electron chi connectivity index (χ0n) is 7.18. The quantitative estimate of drug-likeness (QED) is 0.473. The maximum Gasteiger partial charge on any atom is 0.306 e. The number of fused-ring (bicyclic) bond motifs is 1. The first-order valence-electron chi connectivity index (χ1n) is 4.45. The van der Waals surface area contributed by atoms with E-state index in [4.69, 9.17) is 4.74 Å². The molecule has 1 aliphatic carbocycles. The molecule has 2 fully saturated rings. The summed E-state index contributed by atoms with van der Waals surface area (Å²) in [5, 5.41) is 0. The Morgan fingerprint density at radius 1 is 1.67 bits per heavy atom. The summed E-state index contributed by atoms with van der Waals surface area (Å²) >= 11 is 3.58. The fourth-order valence-electron chi connectivity index (χ4n) is 2.35. The van der Waals surface area contributed by atoms with Gasteiger partial charge < -0.3 is 4.74 Å². The number of halogens is 1. The molecule has 0 aromatic rings. The van der Waals surface area contributed by atoms with Crippen molar-refractivity contribution < 1.29 is 9.53 Å². The summed E-state index contributed by atoms with van der Waals surface area (Å²) in [4.78, 5) is 11.5. The third-order valence-corrected chi connectivity index (χ3v) is 3.99. The van der Waals surface area contributed by atoms with Crippen molar-refractivity contribution >= 4 is 21.9 Å². The van der Waals surface area contributed by atoms with Crippen molar-refractivity contribution in [2.75, 3.05) is 0 Å². The van der Waals surface area contributed by atoms with E-state index in [9.17, 15) is 4.79 Å². The Kier molecular flexibility index (Phi) is 1.94. The van der Waals surface area contributed by atoms with Gasteiger partial charge in [0.25, 0.3) is 0 Å². The van der Waals surface area contributed by atoms with Crippen LogP contribution in [-0.2, 0) is 9.53 Å². The van der Waals surface area contributed by atoms with Gasteiger partial charge in [-0.05, 0) is 12.8 Å². The van der Waals surface area contributed by atoms with Crippen molar-refractivity contribution in [3.05, 3.63) is 0 Å². The molecule has 0 aromatic heterocycles. The molecular weight excluding hydrogens is 220 g/mol. The molecule has 3 atom stereocenters. The molecule has 2 nitrogen and oxygen atoms in total. The molecule has 0 aromatic carbocycles. The predicted octanol–water partition coefficient (Wildman–Crippen LogP) is 2.26. The van der Waals surface area contributed by atoms with Crippen molar-refractivity contribution in [3.8, 4) is 0 Å². The van der Waals surface area contributed by atoms with Crippen LogP contribution in [0, 0.1) is 5.41 Å². The molecule has 0 N–H and O–H groups in total. The number of carbonyl (C=O) groups is 1. The normalized spacial score (nSPS) is 47.0. The molecule has 3 unspecified atom stereocenters. The maximum atomic E-state index is 11.1. The molecule has 0 radical (unpaired) electrons. The minimum Gasteiger partial charge on any atom is -0.461 e. The minimum atomic E-state index is -0.0196. The van der Waals surface area contributed by atoms with Gasteiger partial charge in [0.2, 0.25) is 0 Å². The lowest BCUT2D eigenvalue weighted by Crippen LogP contribution is -2.38. The molecule has 3 heteroatoms. The zero-order chi connectivity index (χ0) is 8.77. The van der Waals surface area contributed by atoms with E-state index in [1.807, 2.05) is 0 Å². The summed E-state index contributed by atoms with van der Waals surface area (Å²) < 4.78 is 5.29. The lowest BCUT2D eigenvalue weighted by Gasteiger charge is -2.36. The van der Waals surface area contributed by atoms with E-state index in [0.717, 1.165) is 12.8 Å². The monoisotopic (exact) mass is 232 g/mol. The van der Waals surface area contributed by atoms with Crippen molar-refractivity contribution in [2.45, 2.75) is 43.5 Å². The summed E-state index contributed by atoms with van der Waals surface area (Å²) in [7, 11) is 0. The van der Waals surface area contributed by atoms with Gasteiger partial charge in [-0.15, -0.1) is 0 Å². The van der Waals surface area contributed by atoms with Crippen LogP contribution in [0.5, 0.6) is 0 Å². The predicted molar refractivity (Wildman–Crippen MR) is 49.2 cm³/mol. The van der Waals surface area contributed by atoms with Gasteiger partial charge >= 0.3 is 5.97 Å². The summed E-state index contributed by atoms with van der Waals surface area (Å²) in [6, 6.07) is 0. The Morgan fingerprint density at radius 2 is 2.42 bits per heavy atom. The van der Waals surface area contributed by atoms with Crippen molar-refractivity contribution in [2.24, 2.45) is 5.41 Å². The molecule has 12 heavy (non-hydrogen) atoms. The molecule has 1 saturated heterocycles. The number of hydrogen-bond acceptors (Lipinski definition) is 2. The van der Waals surface area contributed by atoms with E-state index in [-0.39, 0.29) is 17.5 Å². The third kappa shape index (κ3) is 1.18. The summed E-state index contributed by atoms with van der Waals surface area (Å²) in [5.41, 5.74) is 0.115. The van der Waals surface area contributed by atoms with Gasteiger partial charge in [0, 0.05) is 5.41 Å². The molecule has 1 aliphatic heterocycles. The zero-order valence-corrected chi connectivity index (χ0v) is 8.76. The van der Waals surface area contributed by atoms with Crippen LogP contribution in [0.3, 0.4) is 0 Å². The Morgan fingerprint density at radius 3 is 3.08 bits per heavy atom. The second-order valence-electron chi connectivity index (χ2n) is 4.15. The molecule has 1 heterocycles. The summed E-state index contributed by atoms with van der Waals surface area (Å²) in [6.45, 7) is 2.16. The van der Waals surface area contributed by atoms with E-state index in [0.29, 0.717) is 11.2 Å². The van der Waals surface area contributed by atoms with Crippen LogP contribution in [0.2, 0.25) is 0 Å². The van der Waals surface area contributed by atoms with E-state index in [1.54, 1.807) is 0 Å². The highest BCUT2D eigenvalue weighted by Gasteiger charge is 2.50. The van der Waals surface area contributed by atoms with Crippen molar-refractivity contribution in [1.29, 1.82) is 0 Å². The van der Waals surface area contributed by atoms with Gasteiger partial charge in [-0.1, -0.05) is 29.3 Å². The van der Waals surface area contributed by atoms with E-state index >= 15 is 0 Å². The number of ether oxygens (including phenoxy) is 1. The SMILES string of the molecule is CC12CCCC(Br)C1OC(=O)C2. The Labute approximate surface area is 80.8 Å². The van der Waals surface area contributed by atoms with E-state index in [1.165, 1.54) is 6.42 Å². The van der Waals surface area contributed by atoms with Crippen LogP contribution < -0.4 is 0 Å². The van der Waals surface area contributed by atoms with E-state index in [2.05, 4.69) is 22.9 Å². The highest BCUT2D eigenvalue weighted by molar-refractivity contribution is 9.09. The van der Waals surface area contributed by atoms with Gasteiger partial charge in [-0.3, -0.25) is 4.79 Å². The summed E-state index contributed by atoms with van der Waals surface area (Å²) in [6.07, 6.45) is 4.21. The first-order chi connectivity index (χ1) is 5.62. The largest absolute Gasteiger partial charge is 0.461 e. The van der Waals surface area contributed by atoms with Gasteiger partial charge in [0.1, 0.15) is 6.10 Å². The second-order valence-corrected chi connectivity index (χ2v) is 5.33. The first kappa shape index (κ1) is 8.54. The third-order valence-electron chi connectivity index (χ3n) is 3.05. The molecular formula is C9H13BrO2. The van der Waals surface area contributed by atoms with Gasteiger partial charge in [-0.25, -0.2) is 0 Å². The minimum absolute atomic E-state index is 0.0196. The summed E-state index contributed by atoms with van der Waals surface area (Å²) in [5.74, 6) is -0.0196. The number of carbonyl (C=O) groups excluding carboxylic acids is 1. The molecule has 0 amide bonds. The van der Waals surface area contributed by atoms with Gasteiger partial charge in [0.15, 0.2) is 0 Å². The number of alkyl halides is 1. The van der Waals surface area contributed by atoms with Crippen molar-refractivity contribution in [1.82, 2.24) is 0 Å². The van der Waals surface area contributed by atoms with Crippen LogP contribution in [0.25, 0.3) is 0 Å². The standard InChI is InChI=1S/C9H13BrO2/c1-9-4-2-3-6(10)8(9)12-7(11)5-9/h6,8H,2-5H2,1H3. The highest BCUT2D eigenvalue weighted by atomic mass is 79.9. The lowest BCUT2D eigenvalue weighted by molar-refractivity contribution is -0.142. The molecule has 0 bridgehead atoms. The highest BCUT2D eigenvalue weighted by Crippen LogP contribution is 2.47. The first-order valence-corrected chi connectivity index (χ1v) is 5.37. The van der Waals surface area contributed by atoms with Crippen LogP contribution in [0.4, 0.5) is 0 Å². The van der Waals surface area contributed by atoms with Crippen molar-refractivity contribution in [3.63, 3.8) is 0 Å². The fraction of sp³-hybridized carbons (Fsp3) is 0.889. The molecule has 68 valence electrons. The Balaban J connectivity index is 2.22. The smallest absolute Gasteiger partial charge is 0.306 e. The Hall–Kier alpha value is -0.0500. The molecule has 1 saturated carbocycles. The van der Waals surface area contributed by atoms with Gasteiger partial charge in [-0.2, -0.15) is 0 Å². The number of esters is 1. The molecule has 2 aliphatic rings. The number of rotatable bonds is 0. The second kappa shape index (κ2) is 2.72. The molecule has 2 rings (SSSR count). The van der Waals surface area contributed by atoms with Gasteiger partial charge in [0.05, 0.1) is 11.2 Å². The van der Waals surface area contributed by atoms with Crippen LogP contribution >= 0.6 is 15.9 Å². The maximum absolute atomic E-state index is 11.1. The lowest BCUT2D eigenvalue weighted by atomic mass is 9.73.